The first-order chi connectivity index (χ1) is 7.63. The molecule has 2 heterocycles. The Kier molecular flexibility index (Phi) is 3.55. The van der Waals surface area contributed by atoms with Crippen molar-refractivity contribution < 1.29 is 0 Å². The maximum Gasteiger partial charge on any atom is 0.332 e. The molecule has 0 bridgehead atoms. The predicted molar refractivity (Wildman–Crippen MR) is 61.4 cm³/mol. The van der Waals surface area contributed by atoms with Gasteiger partial charge in [0.05, 0.1) is 0 Å². The van der Waals surface area contributed by atoms with Gasteiger partial charge in [-0.05, 0) is 0 Å². The highest BCUT2D eigenvalue weighted by molar-refractivity contribution is 5.67. The van der Waals surface area contributed by atoms with Crippen molar-refractivity contribution in [3.05, 3.63) is 33.2 Å². The van der Waals surface area contributed by atoms with E-state index in [1.165, 1.54) is 24.0 Å². The number of aryl methyl sites for hydroxylation is 1. The summed E-state index contributed by atoms with van der Waals surface area (Å²) in [5.74, 6) is 0. The Hall–Kier alpha value is -1.98. The molecule has 0 saturated carbocycles. The first kappa shape index (κ1) is 12.1. The standard InChI is InChI=1S/C8H8N4O2.C2H6/c1-11-6-5(9-3-4-10-6)7(13)12(2)8(11)14;1-2/h3-4H,1-2H3;1-2H3. The van der Waals surface area contributed by atoms with Crippen LogP contribution < -0.4 is 11.2 Å². The maximum absolute atomic E-state index is 11.5. The highest BCUT2D eigenvalue weighted by atomic mass is 16.2. The summed E-state index contributed by atoms with van der Waals surface area (Å²) >= 11 is 0. The molecule has 0 aromatic carbocycles. The molecule has 0 atom stereocenters. The summed E-state index contributed by atoms with van der Waals surface area (Å²) in [4.78, 5) is 30.8. The highest BCUT2D eigenvalue weighted by Crippen LogP contribution is 1.96. The topological polar surface area (TPSA) is 69.8 Å². The largest absolute Gasteiger partial charge is 0.332 e. The summed E-state index contributed by atoms with van der Waals surface area (Å²) in [6.45, 7) is 4.00. The molecule has 0 radical (unpaired) electrons. The van der Waals surface area contributed by atoms with Crippen LogP contribution in [0.15, 0.2) is 22.0 Å². The van der Waals surface area contributed by atoms with Crippen molar-refractivity contribution >= 4 is 11.2 Å². The average molecular weight is 222 g/mol. The van der Waals surface area contributed by atoms with E-state index in [0.29, 0.717) is 5.65 Å². The first-order valence-electron chi connectivity index (χ1n) is 4.99. The van der Waals surface area contributed by atoms with Crippen LogP contribution in [0, 0.1) is 0 Å². The molecular formula is C10H14N4O2. The van der Waals surface area contributed by atoms with Gasteiger partial charge in [-0.1, -0.05) is 13.8 Å². The number of hydrogen-bond donors (Lipinski definition) is 0. The zero-order valence-corrected chi connectivity index (χ0v) is 9.76. The number of nitrogens with zero attached hydrogens (tertiary/aromatic N) is 4. The van der Waals surface area contributed by atoms with Gasteiger partial charge in [0.25, 0.3) is 5.56 Å². The van der Waals surface area contributed by atoms with Crippen molar-refractivity contribution in [1.82, 2.24) is 19.1 Å². The Bertz CT molecular complexity index is 612. The van der Waals surface area contributed by atoms with Crippen LogP contribution in [-0.4, -0.2) is 19.1 Å². The molecule has 0 aliphatic rings. The molecule has 0 amide bonds. The van der Waals surface area contributed by atoms with Crippen LogP contribution in [0.5, 0.6) is 0 Å². The van der Waals surface area contributed by atoms with E-state index in [4.69, 9.17) is 0 Å². The van der Waals surface area contributed by atoms with E-state index in [0.717, 1.165) is 4.57 Å². The first-order valence-corrected chi connectivity index (χ1v) is 4.99. The molecule has 0 saturated heterocycles. The lowest BCUT2D eigenvalue weighted by Crippen LogP contribution is -2.37. The predicted octanol–water partition coefficient (Wildman–Crippen LogP) is 0.0534. The van der Waals surface area contributed by atoms with Gasteiger partial charge in [0.15, 0.2) is 11.2 Å². The molecular weight excluding hydrogens is 208 g/mol. The van der Waals surface area contributed by atoms with Crippen LogP contribution in [-0.2, 0) is 14.1 Å². The Morgan fingerprint density at radius 2 is 1.56 bits per heavy atom. The molecule has 2 aromatic rings. The summed E-state index contributed by atoms with van der Waals surface area (Å²) in [6.07, 6.45) is 2.87. The van der Waals surface area contributed by atoms with E-state index >= 15 is 0 Å². The molecule has 2 aromatic heterocycles. The van der Waals surface area contributed by atoms with Gasteiger partial charge in [-0.2, -0.15) is 0 Å². The molecule has 0 fully saturated rings. The lowest BCUT2D eigenvalue weighted by atomic mass is 10.5. The van der Waals surface area contributed by atoms with Gasteiger partial charge >= 0.3 is 5.69 Å². The molecule has 0 N–H and O–H groups in total. The zero-order valence-electron chi connectivity index (χ0n) is 9.76. The lowest BCUT2D eigenvalue weighted by molar-refractivity contribution is 0.704. The van der Waals surface area contributed by atoms with Crippen LogP contribution in [0.2, 0.25) is 0 Å². The van der Waals surface area contributed by atoms with Gasteiger partial charge in [0.1, 0.15) is 0 Å². The summed E-state index contributed by atoms with van der Waals surface area (Å²) in [6, 6.07) is 0. The van der Waals surface area contributed by atoms with Crippen LogP contribution in [0.4, 0.5) is 0 Å². The molecule has 0 unspecified atom stereocenters. The van der Waals surface area contributed by atoms with E-state index in [-0.39, 0.29) is 5.52 Å². The summed E-state index contributed by atoms with van der Waals surface area (Å²) < 4.78 is 2.31. The molecule has 6 nitrogen and oxygen atoms in total. The van der Waals surface area contributed by atoms with Gasteiger partial charge in [0.2, 0.25) is 0 Å². The van der Waals surface area contributed by atoms with E-state index in [1.54, 1.807) is 7.05 Å². The Balaban J connectivity index is 0.000000606. The molecule has 0 aliphatic carbocycles. The average Bonchev–Trinajstić information content (AvgIpc) is 2.36. The molecule has 0 spiro atoms. The fraction of sp³-hybridized carbons (Fsp3) is 0.400. The molecule has 6 heteroatoms. The molecule has 2 rings (SSSR count). The third-order valence-electron chi connectivity index (χ3n) is 2.08. The van der Waals surface area contributed by atoms with Crippen LogP contribution in [0.3, 0.4) is 0 Å². The minimum Gasteiger partial charge on any atom is -0.279 e. The van der Waals surface area contributed by atoms with Crippen molar-refractivity contribution in [1.29, 1.82) is 0 Å². The van der Waals surface area contributed by atoms with Gasteiger partial charge < -0.3 is 0 Å². The smallest absolute Gasteiger partial charge is 0.279 e. The van der Waals surface area contributed by atoms with E-state index in [2.05, 4.69) is 9.97 Å². The normalized spacial score (nSPS) is 9.75. The fourth-order valence-corrected chi connectivity index (χ4v) is 1.29. The van der Waals surface area contributed by atoms with Gasteiger partial charge in [-0.3, -0.25) is 13.9 Å². The monoisotopic (exact) mass is 222 g/mol. The van der Waals surface area contributed by atoms with Crippen LogP contribution in [0.25, 0.3) is 11.2 Å². The molecule has 86 valence electrons. The Morgan fingerprint density at radius 1 is 1.00 bits per heavy atom. The number of fused-ring (bicyclic) bond motifs is 1. The highest BCUT2D eigenvalue weighted by Gasteiger charge is 2.08. The third-order valence-corrected chi connectivity index (χ3v) is 2.08. The van der Waals surface area contributed by atoms with E-state index in [1.807, 2.05) is 13.8 Å². The van der Waals surface area contributed by atoms with Crippen molar-refractivity contribution in [2.45, 2.75) is 13.8 Å². The minimum atomic E-state index is -0.420. The molecule has 0 aliphatic heterocycles. The third kappa shape index (κ3) is 1.73. The quantitative estimate of drug-likeness (QED) is 0.631. The van der Waals surface area contributed by atoms with Gasteiger partial charge in [-0.15, -0.1) is 0 Å². The minimum absolute atomic E-state index is 0.206. The Morgan fingerprint density at radius 3 is 2.19 bits per heavy atom. The Labute approximate surface area is 92.2 Å². The van der Waals surface area contributed by atoms with Crippen LogP contribution in [0.1, 0.15) is 13.8 Å². The summed E-state index contributed by atoms with van der Waals surface area (Å²) in [5.41, 5.74) is -0.308. The number of hydrogen-bond acceptors (Lipinski definition) is 4. The van der Waals surface area contributed by atoms with E-state index in [9.17, 15) is 9.59 Å². The van der Waals surface area contributed by atoms with Crippen molar-refractivity contribution in [3.63, 3.8) is 0 Å². The number of aromatic nitrogens is 4. The van der Waals surface area contributed by atoms with Gasteiger partial charge in [0, 0.05) is 26.5 Å². The van der Waals surface area contributed by atoms with Crippen LogP contribution >= 0.6 is 0 Å². The summed E-state index contributed by atoms with van der Waals surface area (Å²) in [5, 5.41) is 0. The van der Waals surface area contributed by atoms with Crippen molar-refractivity contribution in [2.75, 3.05) is 0 Å². The summed E-state index contributed by atoms with van der Waals surface area (Å²) in [7, 11) is 2.97. The second kappa shape index (κ2) is 4.69. The maximum atomic E-state index is 11.5. The number of rotatable bonds is 0. The van der Waals surface area contributed by atoms with Gasteiger partial charge in [-0.25, -0.2) is 14.8 Å². The zero-order chi connectivity index (χ0) is 12.3. The SMILES string of the molecule is CC.Cn1c(=O)c2nccnc2n(C)c1=O. The lowest BCUT2D eigenvalue weighted by Gasteiger charge is -2.03. The molecule has 16 heavy (non-hydrogen) atoms. The fourth-order valence-electron chi connectivity index (χ4n) is 1.29. The second-order valence-corrected chi connectivity index (χ2v) is 2.93. The van der Waals surface area contributed by atoms with E-state index < -0.39 is 11.2 Å². The van der Waals surface area contributed by atoms with Crippen molar-refractivity contribution in [3.8, 4) is 0 Å². The second-order valence-electron chi connectivity index (χ2n) is 2.93. The van der Waals surface area contributed by atoms with Crippen molar-refractivity contribution in [2.24, 2.45) is 14.1 Å².